The lowest BCUT2D eigenvalue weighted by atomic mass is 9.88. The molecule has 1 saturated carbocycles. The van der Waals surface area contributed by atoms with E-state index in [4.69, 9.17) is 0 Å². The van der Waals surface area contributed by atoms with Crippen molar-refractivity contribution in [3.05, 3.63) is 18.0 Å². The van der Waals surface area contributed by atoms with Crippen molar-refractivity contribution in [3.8, 4) is 0 Å². The average molecular weight is 236 g/mol. The van der Waals surface area contributed by atoms with Gasteiger partial charge in [-0.2, -0.15) is 5.10 Å². The number of hydrogen-bond donors (Lipinski definition) is 1. The lowest BCUT2D eigenvalue weighted by Crippen LogP contribution is -2.39. The number of nitrogens with zero attached hydrogens (tertiary/aromatic N) is 2. The number of carbonyl (C=O) groups excluding carboxylic acids is 1. The molecule has 1 aliphatic rings. The summed E-state index contributed by atoms with van der Waals surface area (Å²) < 4.78 is 1.66. The summed E-state index contributed by atoms with van der Waals surface area (Å²) in [5.41, 5.74) is -0.624. The van der Waals surface area contributed by atoms with Crippen LogP contribution in [0.25, 0.3) is 0 Å². The number of rotatable bonds is 3. The van der Waals surface area contributed by atoms with Crippen LogP contribution in [0.1, 0.15) is 55.9 Å². The average Bonchev–Trinajstić information content (AvgIpc) is 2.70. The zero-order valence-corrected chi connectivity index (χ0v) is 10.4. The summed E-state index contributed by atoms with van der Waals surface area (Å²) in [5, 5.41) is 14.6. The van der Waals surface area contributed by atoms with Gasteiger partial charge in [-0.15, -0.1) is 0 Å². The first kappa shape index (κ1) is 12.3. The number of hydrogen-bond acceptors (Lipinski definition) is 3. The van der Waals surface area contributed by atoms with E-state index in [0.29, 0.717) is 25.1 Å². The molecule has 0 unspecified atom stereocenters. The van der Waals surface area contributed by atoms with Gasteiger partial charge in [0.15, 0.2) is 0 Å². The Kier molecular flexibility index (Phi) is 3.62. The minimum Gasteiger partial charge on any atom is -0.382 e. The third kappa shape index (κ3) is 2.41. The van der Waals surface area contributed by atoms with E-state index >= 15 is 0 Å². The summed E-state index contributed by atoms with van der Waals surface area (Å²) in [6.07, 6.45) is 6.88. The molecule has 1 aliphatic carbocycles. The third-order valence-electron chi connectivity index (χ3n) is 3.60. The van der Waals surface area contributed by atoms with Gasteiger partial charge in [0.1, 0.15) is 11.3 Å². The van der Waals surface area contributed by atoms with E-state index in [1.54, 1.807) is 16.9 Å². The van der Waals surface area contributed by atoms with Crippen LogP contribution in [0.4, 0.5) is 0 Å². The van der Waals surface area contributed by atoms with E-state index < -0.39 is 5.60 Å². The minimum absolute atomic E-state index is 0.154. The van der Waals surface area contributed by atoms with Crippen molar-refractivity contribution < 1.29 is 9.90 Å². The SMILES string of the molecule is CCn1nccc1C(=O)C1(O)CCCCCC1. The molecule has 0 aromatic carbocycles. The summed E-state index contributed by atoms with van der Waals surface area (Å²) >= 11 is 0. The highest BCUT2D eigenvalue weighted by Crippen LogP contribution is 2.30. The van der Waals surface area contributed by atoms with Crippen molar-refractivity contribution in [1.82, 2.24) is 9.78 Å². The van der Waals surface area contributed by atoms with Gasteiger partial charge < -0.3 is 5.11 Å². The van der Waals surface area contributed by atoms with Crippen molar-refractivity contribution in [2.45, 2.75) is 57.6 Å². The van der Waals surface area contributed by atoms with Crippen LogP contribution in [-0.4, -0.2) is 26.3 Å². The zero-order valence-electron chi connectivity index (χ0n) is 10.4. The van der Waals surface area contributed by atoms with Crippen LogP contribution in [0.5, 0.6) is 0 Å². The maximum absolute atomic E-state index is 12.4. The van der Waals surface area contributed by atoms with Crippen molar-refractivity contribution in [2.24, 2.45) is 0 Å². The van der Waals surface area contributed by atoms with E-state index in [2.05, 4.69) is 5.10 Å². The quantitative estimate of drug-likeness (QED) is 0.646. The molecule has 94 valence electrons. The minimum atomic E-state index is -1.16. The molecule has 0 amide bonds. The van der Waals surface area contributed by atoms with Gasteiger partial charge in [-0.05, 0) is 25.8 Å². The van der Waals surface area contributed by atoms with Gasteiger partial charge in [0, 0.05) is 12.7 Å². The van der Waals surface area contributed by atoms with Crippen LogP contribution in [0.2, 0.25) is 0 Å². The van der Waals surface area contributed by atoms with E-state index in [1.165, 1.54) is 0 Å². The molecule has 0 saturated heterocycles. The molecule has 1 N–H and O–H groups in total. The third-order valence-corrected chi connectivity index (χ3v) is 3.60. The number of aromatic nitrogens is 2. The van der Waals surface area contributed by atoms with Gasteiger partial charge in [0.05, 0.1) is 0 Å². The summed E-state index contributed by atoms with van der Waals surface area (Å²) in [7, 11) is 0. The number of aliphatic hydroxyl groups is 1. The molecule has 1 fully saturated rings. The largest absolute Gasteiger partial charge is 0.382 e. The summed E-state index contributed by atoms with van der Waals surface area (Å²) in [4.78, 5) is 12.4. The molecule has 2 rings (SSSR count). The van der Waals surface area contributed by atoms with Gasteiger partial charge in [0.2, 0.25) is 5.78 Å². The lowest BCUT2D eigenvalue weighted by Gasteiger charge is -2.24. The maximum atomic E-state index is 12.4. The molecule has 1 aromatic heterocycles. The first-order chi connectivity index (χ1) is 8.17. The predicted octanol–water partition coefficient (Wildman–Crippen LogP) is 2.17. The monoisotopic (exact) mass is 236 g/mol. The van der Waals surface area contributed by atoms with Crippen molar-refractivity contribution >= 4 is 5.78 Å². The highest BCUT2D eigenvalue weighted by atomic mass is 16.3. The molecule has 0 radical (unpaired) electrons. The molecular weight excluding hydrogens is 216 g/mol. The van der Waals surface area contributed by atoms with Crippen molar-refractivity contribution in [2.75, 3.05) is 0 Å². The normalized spacial score (nSPS) is 19.9. The summed E-state index contributed by atoms with van der Waals surface area (Å²) in [6.45, 7) is 2.60. The standard InChI is InChI=1S/C13H20N2O2/c1-2-15-11(7-10-14-15)12(16)13(17)8-5-3-4-6-9-13/h7,10,17H,2-6,8-9H2,1H3. The Balaban J connectivity index is 2.23. The van der Waals surface area contributed by atoms with Crippen LogP contribution in [0.3, 0.4) is 0 Å². The van der Waals surface area contributed by atoms with Crippen LogP contribution < -0.4 is 0 Å². The predicted molar refractivity (Wildman–Crippen MR) is 64.9 cm³/mol. The fourth-order valence-corrected chi connectivity index (χ4v) is 2.56. The van der Waals surface area contributed by atoms with Crippen LogP contribution in [0, 0.1) is 0 Å². The van der Waals surface area contributed by atoms with Crippen LogP contribution >= 0.6 is 0 Å². The van der Waals surface area contributed by atoms with E-state index in [1.807, 2.05) is 6.92 Å². The molecule has 1 heterocycles. The first-order valence-corrected chi connectivity index (χ1v) is 6.46. The fourth-order valence-electron chi connectivity index (χ4n) is 2.56. The Morgan fingerprint density at radius 2 is 2.06 bits per heavy atom. The number of Topliss-reactive ketones (excluding diaryl/α,β-unsaturated/α-hetero) is 1. The van der Waals surface area contributed by atoms with E-state index in [-0.39, 0.29) is 5.78 Å². The zero-order chi connectivity index (χ0) is 12.3. The summed E-state index contributed by atoms with van der Waals surface area (Å²) in [6, 6.07) is 1.70. The molecule has 4 heteroatoms. The van der Waals surface area contributed by atoms with Gasteiger partial charge >= 0.3 is 0 Å². The van der Waals surface area contributed by atoms with Gasteiger partial charge in [-0.3, -0.25) is 9.48 Å². The van der Waals surface area contributed by atoms with Gasteiger partial charge in [-0.25, -0.2) is 0 Å². The van der Waals surface area contributed by atoms with Gasteiger partial charge in [-0.1, -0.05) is 25.7 Å². The number of carbonyl (C=O) groups is 1. The van der Waals surface area contributed by atoms with Crippen LogP contribution in [-0.2, 0) is 6.54 Å². The Hall–Kier alpha value is -1.16. The second kappa shape index (κ2) is 5.00. The highest BCUT2D eigenvalue weighted by molar-refractivity contribution is 6.00. The lowest BCUT2D eigenvalue weighted by molar-refractivity contribution is 0.0228. The smallest absolute Gasteiger partial charge is 0.212 e. The molecular formula is C13H20N2O2. The Labute approximate surface area is 102 Å². The molecule has 0 spiro atoms. The van der Waals surface area contributed by atoms with Crippen molar-refractivity contribution in [1.29, 1.82) is 0 Å². The molecule has 0 atom stereocenters. The van der Waals surface area contributed by atoms with E-state index in [0.717, 1.165) is 25.7 Å². The highest BCUT2D eigenvalue weighted by Gasteiger charge is 2.37. The molecule has 1 aromatic rings. The second-order valence-electron chi connectivity index (χ2n) is 4.81. The Morgan fingerprint density at radius 1 is 1.41 bits per heavy atom. The molecule has 0 aliphatic heterocycles. The first-order valence-electron chi connectivity index (χ1n) is 6.46. The number of ketones is 1. The molecule has 4 nitrogen and oxygen atoms in total. The van der Waals surface area contributed by atoms with Crippen LogP contribution in [0.15, 0.2) is 12.3 Å². The van der Waals surface area contributed by atoms with Gasteiger partial charge in [0.25, 0.3) is 0 Å². The van der Waals surface area contributed by atoms with Crippen molar-refractivity contribution in [3.63, 3.8) is 0 Å². The topological polar surface area (TPSA) is 55.1 Å². The van der Waals surface area contributed by atoms with E-state index in [9.17, 15) is 9.90 Å². The Bertz CT molecular complexity index is 390. The Morgan fingerprint density at radius 3 is 2.65 bits per heavy atom. The second-order valence-corrected chi connectivity index (χ2v) is 4.81. The summed E-state index contributed by atoms with van der Waals surface area (Å²) in [5.74, 6) is -0.154. The fraction of sp³-hybridized carbons (Fsp3) is 0.692. The number of aryl methyl sites for hydroxylation is 1. The molecule has 17 heavy (non-hydrogen) atoms. The molecule has 0 bridgehead atoms. The maximum Gasteiger partial charge on any atom is 0.212 e.